The van der Waals surface area contributed by atoms with Crippen molar-refractivity contribution in [1.29, 1.82) is 0 Å². The third-order valence-corrected chi connectivity index (χ3v) is 2.43. The Balaban J connectivity index is 4.42. The summed E-state index contributed by atoms with van der Waals surface area (Å²) in [7, 11) is -2.26. The molecule has 0 rings (SSSR count). The van der Waals surface area contributed by atoms with E-state index in [9.17, 15) is 0 Å². The van der Waals surface area contributed by atoms with Crippen molar-refractivity contribution in [1.82, 2.24) is 0 Å². The zero-order valence-electron chi connectivity index (χ0n) is 10.0. The molecule has 0 saturated heterocycles. The van der Waals surface area contributed by atoms with Gasteiger partial charge in [-0.3, -0.25) is 0 Å². The lowest BCUT2D eigenvalue weighted by molar-refractivity contribution is 0.0394. The van der Waals surface area contributed by atoms with Gasteiger partial charge in [0, 0.05) is 0 Å². The highest BCUT2D eigenvalue weighted by atomic mass is 31.2. The lowest BCUT2D eigenvalue weighted by Gasteiger charge is -2.35. The quantitative estimate of drug-likeness (QED) is 0.721. The fourth-order valence-corrected chi connectivity index (χ4v) is 1.79. The largest absolute Gasteiger partial charge is 0.328 e. The van der Waals surface area contributed by atoms with E-state index in [-0.39, 0.29) is 16.9 Å². The van der Waals surface area contributed by atoms with E-state index < -0.39 is 8.60 Å². The van der Waals surface area contributed by atoms with Gasteiger partial charge in [-0.05, 0) is 17.3 Å². The molecule has 0 radical (unpaired) electrons. The van der Waals surface area contributed by atoms with Crippen LogP contribution < -0.4 is 0 Å². The van der Waals surface area contributed by atoms with Crippen molar-refractivity contribution < 1.29 is 14.3 Å². The summed E-state index contributed by atoms with van der Waals surface area (Å²) in [5.74, 6) is 0. The second kappa shape index (κ2) is 4.89. The Kier molecular flexibility index (Phi) is 5.00. The minimum Gasteiger partial charge on any atom is -0.328 e. The molecule has 0 aromatic carbocycles. The van der Waals surface area contributed by atoms with Gasteiger partial charge in [-0.15, -0.1) is 0 Å². The average molecular weight is 222 g/mol. The molecule has 0 aromatic heterocycles. The van der Waals surface area contributed by atoms with Crippen molar-refractivity contribution in [2.75, 3.05) is 0 Å². The smallest absolute Gasteiger partial charge is 0.327 e. The molecule has 1 atom stereocenters. The van der Waals surface area contributed by atoms with E-state index in [0.29, 0.717) is 0 Å². The fourth-order valence-electron chi connectivity index (χ4n) is 1.17. The van der Waals surface area contributed by atoms with Gasteiger partial charge in [-0.1, -0.05) is 41.5 Å². The minimum atomic E-state index is -2.26. The first-order valence-corrected chi connectivity index (χ1v) is 6.03. The molecule has 0 fully saturated rings. The first-order valence-electron chi connectivity index (χ1n) is 4.87. The van der Waals surface area contributed by atoms with Gasteiger partial charge in [0.1, 0.15) is 0 Å². The van der Waals surface area contributed by atoms with Gasteiger partial charge in [0.25, 0.3) is 0 Å². The second-order valence-corrected chi connectivity index (χ2v) is 6.69. The van der Waals surface area contributed by atoms with Crippen LogP contribution in [0.25, 0.3) is 0 Å². The predicted octanol–water partition coefficient (Wildman–Crippen LogP) is 3.07. The standard InChI is InChI=1S/C10H23O3P/c1-9(2,3)7-8(10(4,5)6)13-14(11)12/h8,11-12H,7H2,1-6H3. The average Bonchev–Trinajstić information content (AvgIpc) is 1.78. The molecular formula is C10H23O3P. The molecule has 2 N–H and O–H groups in total. The van der Waals surface area contributed by atoms with E-state index >= 15 is 0 Å². The molecule has 1 unspecified atom stereocenters. The van der Waals surface area contributed by atoms with E-state index in [4.69, 9.17) is 14.3 Å². The summed E-state index contributed by atoms with van der Waals surface area (Å²) in [4.78, 5) is 17.8. The summed E-state index contributed by atoms with van der Waals surface area (Å²) in [6, 6.07) is 0. The van der Waals surface area contributed by atoms with Crippen molar-refractivity contribution in [2.24, 2.45) is 10.8 Å². The molecule has 14 heavy (non-hydrogen) atoms. The van der Waals surface area contributed by atoms with E-state index in [1.807, 2.05) is 20.8 Å². The maximum atomic E-state index is 8.88. The first kappa shape index (κ1) is 14.3. The van der Waals surface area contributed by atoms with E-state index in [2.05, 4.69) is 20.8 Å². The van der Waals surface area contributed by atoms with Crippen molar-refractivity contribution in [2.45, 2.75) is 54.1 Å². The lowest BCUT2D eigenvalue weighted by atomic mass is 9.79. The van der Waals surface area contributed by atoms with Crippen LogP contribution in [0.4, 0.5) is 0 Å². The third kappa shape index (κ3) is 6.72. The monoisotopic (exact) mass is 222 g/mol. The molecular weight excluding hydrogens is 199 g/mol. The van der Waals surface area contributed by atoms with Gasteiger partial charge in [0.2, 0.25) is 0 Å². The molecule has 0 heterocycles. The summed E-state index contributed by atoms with van der Waals surface area (Å²) in [5, 5.41) is 0. The van der Waals surface area contributed by atoms with Gasteiger partial charge in [-0.2, -0.15) is 0 Å². The van der Waals surface area contributed by atoms with Gasteiger partial charge < -0.3 is 14.3 Å². The lowest BCUT2D eigenvalue weighted by Crippen LogP contribution is -2.32. The molecule has 0 aromatic rings. The summed E-state index contributed by atoms with van der Waals surface area (Å²) in [6.07, 6.45) is 0.694. The van der Waals surface area contributed by atoms with Gasteiger partial charge >= 0.3 is 8.60 Å². The Morgan fingerprint density at radius 2 is 1.50 bits per heavy atom. The van der Waals surface area contributed by atoms with Crippen molar-refractivity contribution in [3.05, 3.63) is 0 Å². The molecule has 86 valence electrons. The van der Waals surface area contributed by atoms with Crippen molar-refractivity contribution >= 4 is 8.60 Å². The third-order valence-electron chi connectivity index (χ3n) is 1.99. The van der Waals surface area contributed by atoms with Crippen LogP contribution in [-0.4, -0.2) is 15.9 Å². The van der Waals surface area contributed by atoms with E-state index in [0.717, 1.165) is 6.42 Å². The highest BCUT2D eigenvalue weighted by Gasteiger charge is 2.31. The zero-order chi connectivity index (χ0) is 11.6. The normalized spacial score (nSPS) is 16.1. The molecule has 3 nitrogen and oxygen atoms in total. The van der Waals surface area contributed by atoms with Gasteiger partial charge in [0.05, 0.1) is 6.10 Å². The Labute approximate surface area is 88.5 Å². The molecule has 0 bridgehead atoms. The second-order valence-electron chi connectivity index (χ2n) is 5.98. The Bertz CT molecular complexity index is 167. The highest BCUT2D eigenvalue weighted by molar-refractivity contribution is 7.39. The van der Waals surface area contributed by atoms with Crippen LogP contribution in [-0.2, 0) is 4.52 Å². The molecule has 0 amide bonds. The van der Waals surface area contributed by atoms with Crippen LogP contribution in [0.15, 0.2) is 0 Å². The molecule has 0 aliphatic heterocycles. The maximum absolute atomic E-state index is 8.88. The van der Waals surface area contributed by atoms with Crippen LogP contribution in [0.1, 0.15) is 48.0 Å². The van der Waals surface area contributed by atoms with Crippen LogP contribution in [0, 0.1) is 10.8 Å². The zero-order valence-corrected chi connectivity index (χ0v) is 10.9. The van der Waals surface area contributed by atoms with Crippen molar-refractivity contribution in [3.8, 4) is 0 Å². The summed E-state index contributed by atoms with van der Waals surface area (Å²) in [5.41, 5.74) is 0.0581. The van der Waals surface area contributed by atoms with E-state index in [1.54, 1.807) is 0 Å². The number of hydrogen-bond donors (Lipinski definition) is 2. The van der Waals surface area contributed by atoms with Crippen molar-refractivity contribution in [3.63, 3.8) is 0 Å². The summed E-state index contributed by atoms with van der Waals surface area (Å²) >= 11 is 0. The van der Waals surface area contributed by atoms with Crippen LogP contribution in [0.2, 0.25) is 0 Å². The molecule has 0 aliphatic rings. The summed E-state index contributed by atoms with van der Waals surface area (Å²) < 4.78 is 5.17. The first-order chi connectivity index (χ1) is 6.02. The Morgan fingerprint density at radius 3 is 1.71 bits per heavy atom. The minimum absolute atomic E-state index is 0.0701. The van der Waals surface area contributed by atoms with E-state index in [1.165, 1.54) is 0 Å². The summed E-state index contributed by atoms with van der Waals surface area (Å²) in [6.45, 7) is 12.5. The van der Waals surface area contributed by atoms with Gasteiger partial charge in [-0.25, -0.2) is 0 Å². The molecule has 4 heteroatoms. The number of hydrogen-bond acceptors (Lipinski definition) is 3. The fraction of sp³-hybridized carbons (Fsp3) is 1.00. The SMILES string of the molecule is CC(C)(C)CC(OP(O)O)C(C)(C)C. The highest BCUT2D eigenvalue weighted by Crippen LogP contribution is 2.39. The number of rotatable bonds is 3. The van der Waals surface area contributed by atoms with Crippen LogP contribution in [0.5, 0.6) is 0 Å². The topological polar surface area (TPSA) is 49.7 Å². The van der Waals surface area contributed by atoms with Crippen LogP contribution in [0.3, 0.4) is 0 Å². The Hall–Kier alpha value is 0.310. The Morgan fingerprint density at radius 1 is 1.07 bits per heavy atom. The molecule has 0 spiro atoms. The predicted molar refractivity (Wildman–Crippen MR) is 59.8 cm³/mol. The van der Waals surface area contributed by atoms with Crippen LogP contribution >= 0.6 is 8.60 Å². The maximum Gasteiger partial charge on any atom is 0.327 e. The molecule has 0 saturated carbocycles. The molecule has 0 aliphatic carbocycles. The van der Waals surface area contributed by atoms with Gasteiger partial charge in [0.15, 0.2) is 0 Å².